The van der Waals surface area contributed by atoms with E-state index in [9.17, 15) is 4.79 Å². The van der Waals surface area contributed by atoms with Gasteiger partial charge in [0.05, 0.1) is 18.5 Å². The molecule has 36 heavy (non-hydrogen) atoms. The molecule has 4 aromatic rings. The number of rotatable bonds is 7. The lowest BCUT2D eigenvalue weighted by molar-refractivity contribution is -0.127. The van der Waals surface area contributed by atoms with Crippen LogP contribution < -0.4 is 15.2 Å². The SMILES string of the molecule is C=CC(=O)N1CCCC(n2nc(-c3csc(COc4ccc(C)cc4OC)c3)c3c(N)ncnc32)C1. The fourth-order valence-corrected chi connectivity index (χ4v) is 5.34. The molecule has 1 aliphatic rings. The van der Waals surface area contributed by atoms with Gasteiger partial charge in [0, 0.05) is 28.9 Å². The molecule has 0 aliphatic carbocycles. The molecule has 0 radical (unpaired) electrons. The number of likely N-dealkylation sites (tertiary alicyclic amines) is 1. The molecule has 1 unspecified atom stereocenters. The highest BCUT2D eigenvalue weighted by Crippen LogP contribution is 2.36. The van der Waals surface area contributed by atoms with E-state index in [-0.39, 0.29) is 11.9 Å². The van der Waals surface area contributed by atoms with E-state index >= 15 is 0 Å². The Hall–Kier alpha value is -3.92. The maximum absolute atomic E-state index is 12.2. The van der Waals surface area contributed by atoms with Crippen molar-refractivity contribution in [3.8, 4) is 22.8 Å². The number of piperidine rings is 1. The van der Waals surface area contributed by atoms with E-state index in [2.05, 4.69) is 22.6 Å². The molecule has 3 aromatic heterocycles. The number of thiophene rings is 1. The summed E-state index contributed by atoms with van der Waals surface area (Å²) >= 11 is 1.59. The highest BCUT2D eigenvalue weighted by atomic mass is 32.1. The largest absolute Gasteiger partial charge is 0.493 e. The molecule has 9 nitrogen and oxygen atoms in total. The Morgan fingerprint density at radius 3 is 2.97 bits per heavy atom. The molecule has 1 aromatic carbocycles. The molecule has 186 valence electrons. The van der Waals surface area contributed by atoms with Crippen molar-refractivity contribution in [2.24, 2.45) is 0 Å². The summed E-state index contributed by atoms with van der Waals surface area (Å²) in [5, 5.41) is 7.71. The summed E-state index contributed by atoms with van der Waals surface area (Å²) in [6, 6.07) is 7.90. The van der Waals surface area contributed by atoms with Crippen LogP contribution in [0.1, 0.15) is 29.3 Å². The molecule has 10 heteroatoms. The number of amides is 1. The van der Waals surface area contributed by atoms with E-state index in [1.807, 2.05) is 35.2 Å². The van der Waals surface area contributed by atoms with Gasteiger partial charge in [-0.2, -0.15) is 5.10 Å². The van der Waals surface area contributed by atoms with Gasteiger partial charge < -0.3 is 20.1 Å². The number of methoxy groups -OCH3 is 1. The van der Waals surface area contributed by atoms with E-state index in [1.165, 1.54) is 12.4 Å². The molecule has 4 heterocycles. The average Bonchev–Trinajstić information content (AvgIpc) is 3.53. The van der Waals surface area contributed by atoms with Crippen LogP contribution >= 0.6 is 11.3 Å². The number of ether oxygens (including phenoxy) is 2. The Kier molecular flexibility index (Phi) is 6.60. The zero-order valence-electron chi connectivity index (χ0n) is 20.3. The first-order chi connectivity index (χ1) is 17.5. The van der Waals surface area contributed by atoms with Crippen LogP contribution in [0, 0.1) is 6.92 Å². The first-order valence-electron chi connectivity index (χ1n) is 11.7. The van der Waals surface area contributed by atoms with Gasteiger partial charge in [-0.1, -0.05) is 12.6 Å². The molecule has 1 saturated heterocycles. The number of carbonyl (C=O) groups excluding carboxylic acids is 1. The smallest absolute Gasteiger partial charge is 0.246 e. The highest BCUT2D eigenvalue weighted by molar-refractivity contribution is 7.10. The van der Waals surface area contributed by atoms with E-state index in [0.717, 1.165) is 39.9 Å². The summed E-state index contributed by atoms with van der Waals surface area (Å²) in [6.45, 7) is 7.29. The maximum Gasteiger partial charge on any atom is 0.246 e. The highest BCUT2D eigenvalue weighted by Gasteiger charge is 2.28. The van der Waals surface area contributed by atoms with Crippen molar-refractivity contribution in [1.82, 2.24) is 24.6 Å². The lowest BCUT2D eigenvalue weighted by atomic mass is 10.1. The van der Waals surface area contributed by atoms with Crippen molar-refractivity contribution in [2.45, 2.75) is 32.4 Å². The molecule has 1 atom stereocenters. The minimum atomic E-state index is -0.0711. The molecule has 0 saturated carbocycles. The van der Waals surface area contributed by atoms with Crippen LogP contribution in [0.25, 0.3) is 22.3 Å². The number of fused-ring (bicyclic) bond motifs is 1. The van der Waals surface area contributed by atoms with Gasteiger partial charge >= 0.3 is 0 Å². The third-order valence-electron chi connectivity index (χ3n) is 6.36. The minimum Gasteiger partial charge on any atom is -0.493 e. The number of aromatic nitrogens is 4. The van der Waals surface area contributed by atoms with Gasteiger partial charge in [-0.25, -0.2) is 14.6 Å². The van der Waals surface area contributed by atoms with Crippen molar-refractivity contribution < 1.29 is 14.3 Å². The predicted octanol–water partition coefficient (Wildman–Crippen LogP) is 4.38. The second-order valence-corrected chi connectivity index (χ2v) is 9.78. The number of anilines is 1. The molecule has 1 fully saturated rings. The first kappa shape index (κ1) is 23.8. The fourth-order valence-electron chi connectivity index (χ4n) is 4.56. The quantitative estimate of drug-likeness (QED) is 0.372. The molecule has 0 spiro atoms. The third-order valence-corrected chi connectivity index (χ3v) is 7.27. The van der Waals surface area contributed by atoms with Gasteiger partial charge in [-0.15, -0.1) is 11.3 Å². The van der Waals surface area contributed by atoms with Crippen molar-refractivity contribution in [3.05, 3.63) is 59.1 Å². The molecular formula is C26H28N6O3S. The zero-order valence-corrected chi connectivity index (χ0v) is 21.1. The molecule has 1 aliphatic heterocycles. The number of nitrogens with two attached hydrogens (primary N) is 1. The molecule has 1 amide bonds. The van der Waals surface area contributed by atoms with Gasteiger partial charge in [0.2, 0.25) is 5.91 Å². The summed E-state index contributed by atoms with van der Waals surface area (Å²) in [6.07, 6.45) is 4.58. The van der Waals surface area contributed by atoms with Crippen molar-refractivity contribution in [1.29, 1.82) is 0 Å². The fraction of sp³-hybridized carbons (Fsp3) is 0.308. The van der Waals surface area contributed by atoms with E-state index in [4.69, 9.17) is 20.3 Å². The van der Waals surface area contributed by atoms with Crippen LogP contribution in [0.5, 0.6) is 11.5 Å². The zero-order chi connectivity index (χ0) is 25.2. The standard InChI is InChI=1S/C26H28N6O3S/c1-4-22(33)31-9-5-6-18(12-31)32-26-23(25(27)28-15-29-26)24(30-32)17-11-19(36-14-17)13-35-20-8-7-16(2)10-21(20)34-3/h4,7-8,10-11,14-15,18H,1,5-6,9,12-13H2,2-3H3,(H2,27,28,29). The number of aryl methyl sites for hydroxylation is 1. The summed E-state index contributed by atoms with van der Waals surface area (Å²) in [4.78, 5) is 23.8. The van der Waals surface area contributed by atoms with Gasteiger partial charge in [0.1, 0.15) is 24.4 Å². The number of hydrogen-bond donors (Lipinski definition) is 1. The van der Waals surface area contributed by atoms with Crippen LogP contribution in [-0.4, -0.2) is 50.8 Å². The van der Waals surface area contributed by atoms with Crippen LogP contribution in [0.2, 0.25) is 0 Å². The first-order valence-corrected chi connectivity index (χ1v) is 12.6. The summed E-state index contributed by atoms with van der Waals surface area (Å²) in [5.41, 5.74) is 9.73. The third kappa shape index (κ3) is 4.51. The molecule has 0 bridgehead atoms. The number of nitrogens with zero attached hydrogens (tertiary/aromatic N) is 5. The Morgan fingerprint density at radius 1 is 1.31 bits per heavy atom. The lowest BCUT2D eigenvalue weighted by Gasteiger charge is -2.32. The van der Waals surface area contributed by atoms with Crippen LogP contribution in [-0.2, 0) is 11.4 Å². The number of nitrogen functional groups attached to an aromatic ring is 1. The Balaban J connectivity index is 1.44. The van der Waals surface area contributed by atoms with E-state index in [0.29, 0.717) is 42.7 Å². The van der Waals surface area contributed by atoms with Crippen molar-refractivity contribution in [3.63, 3.8) is 0 Å². The van der Waals surface area contributed by atoms with Crippen molar-refractivity contribution in [2.75, 3.05) is 25.9 Å². The summed E-state index contributed by atoms with van der Waals surface area (Å²) in [7, 11) is 1.64. The van der Waals surface area contributed by atoms with Crippen LogP contribution in [0.3, 0.4) is 0 Å². The van der Waals surface area contributed by atoms with Crippen molar-refractivity contribution >= 4 is 34.1 Å². The summed E-state index contributed by atoms with van der Waals surface area (Å²) < 4.78 is 13.4. The van der Waals surface area contributed by atoms with Crippen LogP contribution in [0.15, 0.2) is 48.6 Å². The predicted molar refractivity (Wildman–Crippen MR) is 140 cm³/mol. The Labute approximate surface area is 213 Å². The Morgan fingerprint density at radius 2 is 2.17 bits per heavy atom. The van der Waals surface area contributed by atoms with E-state index < -0.39 is 0 Å². The number of benzene rings is 1. The molecule has 2 N–H and O–H groups in total. The topological polar surface area (TPSA) is 108 Å². The second-order valence-electron chi connectivity index (χ2n) is 8.78. The van der Waals surface area contributed by atoms with Gasteiger partial charge in [0.15, 0.2) is 17.1 Å². The van der Waals surface area contributed by atoms with Crippen LogP contribution in [0.4, 0.5) is 5.82 Å². The maximum atomic E-state index is 12.2. The number of hydrogen-bond acceptors (Lipinski definition) is 8. The normalized spacial score (nSPS) is 15.7. The second kappa shape index (κ2) is 9.98. The van der Waals surface area contributed by atoms with E-state index in [1.54, 1.807) is 23.3 Å². The molecular weight excluding hydrogens is 476 g/mol. The minimum absolute atomic E-state index is 0.0105. The average molecular weight is 505 g/mol. The number of carbonyl (C=O) groups is 1. The van der Waals surface area contributed by atoms with Gasteiger partial charge in [-0.3, -0.25) is 4.79 Å². The van der Waals surface area contributed by atoms with Gasteiger partial charge in [0.25, 0.3) is 0 Å². The monoisotopic (exact) mass is 504 g/mol. The van der Waals surface area contributed by atoms with Gasteiger partial charge in [-0.05, 0) is 49.6 Å². The molecule has 5 rings (SSSR count). The lowest BCUT2D eigenvalue weighted by Crippen LogP contribution is -2.40. The Bertz CT molecular complexity index is 1430. The summed E-state index contributed by atoms with van der Waals surface area (Å²) in [5.74, 6) is 1.71.